The van der Waals surface area contributed by atoms with E-state index in [1.54, 1.807) is 0 Å². The van der Waals surface area contributed by atoms with E-state index in [1.807, 2.05) is 31.2 Å². The van der Waals surface area contributed by atoms with Crippen LogP contribution in [0, 0.1) is 0 Å². The van der Waals surface area contributed by atoms with Gasteiger partial charge < -0.3 is 9.26 Å². The number of ether oxygens (including phenoxy) is 1. The molecule has 0 unspecified atom stereocenters. The topological polar surface area (TPSA) is 51.4 Å². The molecule has 1 aliphatic rings. The zero-order chi connectivity index (χ0) is 17.1. The molecule has 0 aliphatic carbocycles. The van der Waals surface area contributed by atoms with Gasteiger partial charge in [0.2, 0.25) is 11.7 Å². The monoisotopic (exact) mass is 335 g/mol. The Balaban J connectivity index is 1.49. The van der Waals surface area contributed by atoms with Crippen LogP contribution in [0.2, 0.25) is 0 Å². The van der Waals surface area contributed by atoms with Crippen molar-refractivity contribution in [3.63, 3.8) is 0 Å². The minimum Gasteiger partial charge on any atom is -0.493 e. The Bertz CT molecular complexity index is 859. The molecule has 1 aromatic heterocycles. The van der Waals surface area contributed by atoms with Crippen molar-refractivity contribution in [1.29, 1.82) is 0 Å². The van der Waals surface area contributed by atoms with E-state index < -0.39 is 0 Å². The van der Waals surface area contributed by atoms with E-state index in [9.17, 15) is 0 Å². The third kappa shape index (κ3) is 3.42. The zero-order valence-electron chi connectivity index (χ0n) is 14.3. The average Bonchev–Trinajstić information content (AvgIpc) is 3.11. The fourth-order valence-electron chi connectivity index (χ4n) is 3.24. The van der Waals surface area contributed by atoms with Crippen LogP contribution in [0.4, 0.5) is 0 Å². The van der Waals surface area contributed by atoms with Crippen LogP contribution in [0.5, 0.6) is 5.75 Å². The van der Waals surface area contributed by atoms with E-state index in [1.165, 1.54) is 11.1 Å². The molecule has 4 rings (SSSR count). The lowest BCUT2D eigenvalue weighted by Crippen LogP contribution is -2.30. The highest BCUT2D eigenvalue weighted by Crippen LogP contribution is 2.28. The summed E-state index contributed by atoms with van der Waals surface area (Å²) in [5.74, 6) is 2.00. The van der Waals surface area contributed by atoms with Gasteiger partial charge in [0.05, 0.1) is 18.7 Å². The molecule has 5 nitrogen and oxygen atoms in total. The van der Waals surface area contributed by atoms with Crippen molar-refractivity contribution in [2.45, 2.75) is 26.4 Å². The fourth-order valence-corrected chi connectivity index (χ4v) is 3.24. The van der Waals surface area contributed by atoms with Crippen molar-refractivity contribution in [3.05, 3.63) is 65.5 Å². The largest absolute Gasteiger partial charge is 0.493 e. The summed E-state index contributed by atoms with van der Waals surface area (Å²) in [6, 6.07) is 16.4. The van der Waals surface area contributed by atoms with Crippen LogP contribution < -0.4 is 4.74 Å². The van der Waals surface area contributed by atoms with E-state index in [2.05, 4.69) is 39.3 Å². The third-order valence-electron chi connectivity index (χ3n) is 4.46. The lowest BCUT2D eigenvalue weighted by Gasteiger charge is -2.27. The first-order chi connectivity index (χ1) is 12.3. The number of rotatable bonds is 5. The minimum absolute atomic E-state index is 0.580. The van der Waals surface area contributed by atoms with Crippen LogP contribution >= 0.6 is 0 Å². The summed E-state index contributed by atoms with van der Waals surface area (Å²) in [4.78, 5) is 6.92. The summed E-state index contributed by atoms with van der Waals surface area (Å²) in [6.45, 7) is 5.16. The lowest BCUT2D eigenvalue weighted by molar-refractivity contribution is 0.210. The Kier molecular flexibility index (Phi) is 4.48. The molecule has 0 atom stereocenters. The molecule has 1 aliphatic heterocycles. The van der Waals surface area contributed by atoms with Gasteiger partial charge in [-0.2, -0.15) is 4.98 Å². The summed E-state index contributed by atoms with van der Waals surface area (Å²) >= 11 is 0. The van der Waals surface area contributed by atoms with Gasteiger partial charge in [-0.05, 0) is 36.6 Å². The van der Waals surface area contributed by atoms with Gasteiger partial charge in [0.25, 0.3) is 0 Å². The van der Waals surface area contributed by atoms with Gasteiger partial charge >= 0.3 is 0 Å². The molecule has 2 heterocycles. The van der Waals surface area contributed by atoms with Gasteiger partial charge in [0.1, 0.15) is 5.75 Å². The Morgan fingerprint density at radius 2 is 1.88 bits per heavy atom. The van der Waals surface area contributed by atoms with Crippen LogP contribution in [0.3, 0.4) is 0 Å². The number of nitrogens with zero attached hydrogens (tertiary/aromatic N) is 3. The van der Waals surface area contributed by atoms with Crippen molar-refractivity contribution in [2.24, 2.45) is 0 Å². The third-order valence-corrected chi connectivity index (χ3v) is 4.46. The van der Waals surface area contributed by atoms with Crippen molar-refractivity contribution >= 4 is 0 Å². The molecule has 3 aromatic rings. The number of fused-ring (bicyclic) bond motifs is 1. The van der Waals surface area contributed by atoms with Gasteiger partial charge in [-0.15, -0.1) is 0 Å². The maximum absolute atomic E-state index is 5.66. The maximum atomic E-state index is 5.66. The summed E-state index contributed by atoms with van der Waals surface area (Å²) in [5.41, 5.74) is 3.69. The second-order valence-corrected chi connectivity index (χ2v) is 6.17. The summed E-state index contributed by atoms with van der Waals surface area (Å²) < 4.78 is 11.1. The Morgan fingerprint density at radius 3 is 2.76 bits per heavy atom. The van der Waals surface area contributed by atoms with Crippen molar-refractivity contribution in [2.75, 3.05) is 13.2 Å². The highest BCUT2D eigenvalue weighted by molar-refractivity contribution is 5.63. The number of hydrogen-bond acceptors (Lipinski definition) is 5. The highest BCUT2D eigenvalue weighted by atomic mass is 16.5. The molecule has 2 aromatic carbocycles. The predicted octanol–water partition coefficient (Wildman–Crippen LogP) is 3.69. The van der Waals surface area contributed by atoms with E-state index in [4.69, 9.17) is 9.26 Å². The molecule has 5 heteroatoms. The van der Waals surface area contributed by atoms with Gasteiger partial charge in [-0.1, -0.05) is 41.6 Å². The normalized spacial score (nSPS) is 14.3. The van der Waals surface area contributed by atoms with Crippen LogP contribution in [0.1, 0.15) is 23.9 Å². The molecule has 0 saturated heterocycles. The highest BCUT2D eigenvalue weighted by Gasteiger charge is 2.19. The predicted molar refractivity (Wildman–Crippen MR) is 95.2 cm³/mol. The smallest absolute Gasteiger partial charge is 0.241 e. The van der Waals surface area contributed by atoms with E-state index >= 15 is 0 Å². The summed E-state index contributed by atoms with van der Waals surface area (Å²) in [5, 5.41) is 4.15. The molecule has 128 valence electrons. The average molecular weight is 335 g/mol. The fraction of sp³-hybridized carbons (Fsp3) is 0.300. The minimum atomic E-state index is 0.580. The van der Waals surface area contributed by atoms with Crippen LogP contribution in [-0.4, -0.2) is 28.2 Å². The second-order valence-electron chi connectivity index (χ2n) is 6.17. The standard InChI is InChI=1S/C20H21N3O2/c1-2-24-18-10-6-5-9-17(18)20-21-19(25-22-20)14-23-12-11-15-7-3-4-8-16(15)13-23/h3-10H,2,11-14H2,1H3. The molecular formula is C20H21N3O2. The van der Waals surface area contributed by atoms with Gasteiger partial charge in [-0.25, -0.2) is 0 Å². The first-order valence-corrected chi connectivity index (χ1v) is 8.67. The van der Waals surface area contributed by atoms with Gasteiger partial charge in [-0.3, -0.25) is 4.90 Å². The summed E-state index contributed by atoms with van der Waals surface area (Å²) in [7, 11) is 0. The molecule has 25 heavy (non-hydrogen) atoms. The number of para-hydroxylation sites is 1. The molecule has 0 bridgehead atoms. The van der Waals surface area contributed by atoms with Crippen LogP contribution in [0.15, 0.2) is 53.1 Å². The number of hydrogen-bond donors (Lipinski definition) is 0. The Morgan fingerprint density at radius 1 is 1.08 bits per heavy atom. The lowest BCUT2D eigenvalue weighted by atomic mass is 10.00. The molecule has 0 spiro atoms. The molecule has 0 radical (unpaired) electrons. The molecule has 0 fully saturated rings. The van der Waals surface area contributed by atoms with Gasteiger partial charge in [0.15, 0.2) is 0 Å². The van der Waals surface area contributed by atoms with E-state index in [0.29, 0.717) is 24.9 Å². The maximum Gasteiger partial charge on any atom is 0.241 e. The molecule has 0 saturated carbocycles. The van der Waals surface area contributed by atoms with Crippen molar-refractivity contribution in [1.82, 2.24) is 15.0 Å². The Hall–Kier alpha value is -2.66. The number of benzene rings is 2. The van der Waals surface area contributed by atoms with Gasteiger partial charge in [0, 0.05) is 13.1 Å². The molecule has 0 N–H and O–H groups in total. The first-order valence-electron chi connectivity index (χ1n) is 8.67. The zero-order valence-corrected chi connectivity index (χ0v) is 14.3. The van der Waals surface area contributed by atoms with E-state index in [-0.39, 0.29) is 0 Å². The first kappa shape index (κ1) is 15.8. The van der Waals surface area contributed by atoms with Crippen LogP contribution in [0.25, 0.3) is 11.4 Å². The van der Waals surface area contributed by atoms with E-state index in [0.717, 1.165) is 30.8 Å². The van der Waals surface area contributed by atoms with Crippen molar-refractivity contribution in [3.8, 4) is 17.1 Å². The molecular weight excluding hydrogens is 314 g/mol. The van der Waals surface area contributed by atoms with Crippen LogP contribution in [-0.2, 0) is 19.5 Å². The quantitative estimate of drug-likeness (QED) is 0.712. The van der Waals surface area contributed by atoms with Crippen molar-refractivity contribution < 1.29 is 9.26 Å². The Labute approximate surface area is 147 Å². The SMILES string of the molecule is CCOc1ccccc1-c1noc(CN2CCc3ccccc3C2)n1. The second kappa shape index (κ2) is 7.07. The molecule has 0 amide bonds. The number of aromatic nitrogens is 2. The summed E-state index contributed by atoms with van der Waals surface area (Å²) in [6.07, 6.45) is 1.06.